The van der Waals surface area contributed by atoms with Crippen molar-refractivity contribution in [2.24, 2.45) is 0 Å². The zero-order valence-corrected chi connectivity index (χ0v) is 60.0. The molecule has 6 aliphatic rings. The Morgan fingerprint density at radius 3 is 0.969 bits per heavy atom. The number of carbonyl (C=O) groups is 3. The second kappa shape index (κ2) is 40.8. The Morgan fingerprint density at radius 1 is 0.367 bits per heavy atom. The Morgan fingerprint density at radius 2 is 0.643 bits per heavy atom. The number of methoxy groups -OCH3 is 4. The number of halogens is 2. The third-order valence-corrected chi connectivity index (χ3v) is 20.3. The number of aryl methyl sites for hydroxylation is 4. The number of ether oxygens (including phenoxy) is 4. The van der Waals surface area contributed by atoms with Crippen LogP contribution in [0.1, 0.15) is 170 Å². The zero-order valence-electron chi connectivity index (χ0n) is 60.0. The zero-order chi connectivity index (χ0) is 68.5. The molecule has 552 valence electrons. The van der Waals surface area contributed by atoms with Gasteiger partial charge in [-0.05, 0) is 173 Å². The highest BCUT2D eigenvalue weighted by Gasteiger charge is 2.33. The standard InChI is InChI=1S/C22H35N3O.C21H32FN3O2.C16H23FN2O2.C16H24N2O2.4CH4/c1-17(2)23-12-14-25(15-13-23)21-8-10-24(11-9-21)19(4)20-7-6-18(3)22(16-20)26-5;1-15(2)23-9-11-24(12-10-23)17-5-7-25(8-6-17)21(26)18-14-20(27-4)16(3)13-19(18)22;1-11(2)18-5-7-19(8-6-18)16(20)13-10-15(21-4)12(3)9-14(13)17;1-12(2)17-7-9-18(10-8-17)16(19)14-6-5-13(3)15(11-14)20-4;;;;/h6-7,16-17,21H,4,8-15H2,1-3,5H3;13-15,17H,5-12H2,1-4H3;9-11H,5-8H2,1-4H3;5-6,11-12H,7-10H2,1-4H3;4*1H4. The summed E-state index contributed by atoms with van der Waals surface area (Å²) in [5.74, 6) is 1.49. The van der Waals surface area contributed by atoms with E-state index < -0.39 is 11.6 Å². The Labute approximate surface area is 592 Å². The van der Waals surface area contributed by atoms with Crippen molar-refractivity contribution < 1.29 is 42.1 Å². The fraction of sp³-hybridized carbons (Fsp3) is 0.633. The Bertz CT molecular complexity index is 3100. The van der Waals surface area contributed by atoms with Gasteiger partial charge >= 0.3 is 0 Å². The smallest absolute Gasteiger partial charge is 0.257 e. The molecule has 6 aliphatic heterocycles. The van der Waals surface area contributed by atoms with Crippen LogP contribution in [-0.4, -0.2) is 262 Å². The fourth-order valence-corrected chi connectivity index (χ4v) is 13.8. The van der Waals surface area contributed by atoms with Crippen molar-refractivity contribution >= 4 is 23.4 Å². The predicted molar refractivity (Wildman–Crippen MR) is 402 cm³/mol. The molecule has 6 heterocycles. The summed E-state index contributed by atoms with van der Waals surface area (Å²) in [4.78, 5) is 60.8. The molecule has 0 aliphatic carbocycles. The highest BCUT2D eigenvalue weighted by atomic mass is 19.1. The maximum Gasteiger partial charge on any atom is 0.257 e. The first kappa shape index (κ1) is 85.9. The highest BCUT2D eigenvalue weighted by Crippen LogP contribution is 2.31. The summed E-state index contributed by atoms with van der Waals surface area (Å²) in [5.41, 5.74) is 6.84. The molecule has 0 radical (unpaired) electrons. The SMILES string of the molecule is C.C.C.C.C=C(c1ccc(C)c(OC)c1)N1CCC(N2CCN(C(C)C)CC2)CC1.COc1cc(C(=O)N2CCC(N3CCN(C(C)C)CC3)CC2)c(F)cc1C.COc1cc(C(=O)N2CCN(C(C)C)CC2)c(F)cc1C.COc1cc(C(=O)N2CCN(C(C)C)CC2)ccc1C. The van der Waals surface area contributed by atoms with Crippen LogP contribution in [0.4, 0.5) is 8.78 Å². The number of carbonyl (C=O) groups excluding carboxylic acids is 3. The van der Waals surface area contributed by atoms with E-state index in [1.54, 1.807) is 45.0 Å². The van der Waals surface area contributed by atoms with Crippen molar-refractivity contribution in [1.82, 2.24) is 49.0 Å². The van der Waals surface area contributed by atoms with E-state index in [0.717, 1.165) is 120 Å². The number of piperidine rings is 2. The lowest BCUT2D eigenvalue weighted by Gasteiger charge is -2.44. The predicted octanol–water partition coefficient (Wildman–Crippen LogP) is 13.3. The average molecular weight is 1370 g/mol. The van der Waals surface area contributed by atoms with Crippen molar-refractivity contribution in [1.29, 1.82) is 0 Å². The van der Waals surface area contributed by atoms with Crippen LogP contribution < -0.4 is 18.9 Å². The number of amides is 3. The molecule has 98 heavy (non-hydrogen) atoms. The topological polar surface area (TPSA) is 121 Å². The molecule has 10 rings (SSSR count). The monoisotopic (exact) mass is 1370 g/mol. The van der Waals surface area contributed by atoms with E-state index in [4.69, 9.17) is 18.9 Å². The van der Waals surface area contributed by atoms with Gasteiger partial charge in [-0.2, -0.15) is 0 Å². The van der Waals surface area contributed by atoms with Crippen molar-refractivity contribution in [3.8, 4) is 23.0 Å². The molecule has 6 fully saturated rings. The van der Waals surface area contributed by atoms with Gasteiger partial charge in [-0.3, -0.25) is 43.8 Å². The van der Waals surface area contributed by atoms with Gasteiger partial charge in [0.25, 0.3) is 17.7 Å². The summed E-state index contributed by atoms with van der Waals surface area (Å²) < 4.78 is 49.6. The normalized spacial score (nSPS) is 17.9. The average Bonchev–Trinajstić information content (AvgIpc) is 0.830. The molecular formula is C79H130F2N10O7. The molecule has 0 saturated carbocycles. The Kier molecular flexibility index (Phi) is 35.7. The van der Waals surface area contributed by atoms with Crippen LogP contribution in [0.2, 0.25) is 0 Å². The van der Waals surface area contributed by atoms with E-state index >= 15 is 0 Å². The Balaban J connectivity index is 0.000000338. The molecule has 4 aromatic carbocycles. The lowest BCUT2D eigenvalue weighted by Crippen LogP contribution is -2.54. The van der Waals surface area contributed by atoms with Gasteiger partial charge < -0.3 is 38.5 Å². The molecule has 17 nitrogen and oxygen atoms in total. The summed E-state index contributed by atoms with van der Waals surface area (Å²) in [6.45, 7) is 49.0. The van der Waals surface area contributed by atoms with Crippen molar-refractivity contribution in [3.05, 3.63) is 123 Å². The summed E-state index contributed by atoms with van der Waals surface area (Å²) in [6.07, 6.45) is 4.39. The maximum absolute atomic E-state index is 14.3. The fourth-order valence-electron chi connectivity index (χ4n) is 13.8. The third kappa shape index (κ3) is 22.8. The van der Waals surface area contributed by atoms with Gasteiger partial charge in [0.1, 0.15) is 34.6 Å². The lowest BCUT2D eigenvalue weighted by molar-refractivity contribution is 0.0418. The van der Waals surface area contributed by atoms with Crippen LogP contribution >= 0.6 is 0 Å². The van der Waals surface area contributed by atoms with Gasteiger partial charge in [-0.1, -0.05) is 54.5 Å². The second-order valence-electron chi connectivity index (χ2n) is 27.3. The molecule has 0 spiro atoms. The van der Waals surface area contributed by atoms with Crippen LogP contribution in [-0.2, 0) is 0 Å². The molecule has 0 atom stereocenters. The molecule has 0 aromatic heterocycles. The molecule has 19 heteroatoms. The van der Waals surface area contributed by atoms with E-state index in [-0.39, 0.29) is 58.6 Å². The van der Waals surface area contributed by atoms with Gasteiger partial charge in [0.2, 0.25) is 0 Å². The Hall–Kier alpha value is -6.35. The summed E-state index contributed by atoms with van der Waals surface area (Å²) in [6, 6.07) is 21.4. The molecule has 0 unspecified atom stereocenters. The van der Waals surface area contributed by atoms with E-state index in [9.17, 15) is 23.2 Å². The van der Waals surface area contributed by atoms with Gasteiger partial charge in [-0.25, -0.2) is 8.78 Å². The van der Waals surface area contributed by atoms with E-state index in [1.807, 2.05) is 30.0 Å². The first-order valence-corrected chi connectivity index (χ1v) is 34.6. The molecule has 0 N–H and O–H groups in total. The van der Waals surface area contributed by atoms with Crippen molar-refractivity contribution in [2.45, 2.75) is 175 Å². The van der Waals surface area contributed by atoms with Crippen LogP contribution in [0.3, 0.4) is 0 Å². The molecule has 3 amide bonds. The molecule has 0 bridgehead atoms. The van der Waals surface area contributed by atoms with Crippen LogP contribution in [0.5, 0.6) is 23.0 Å². The number of piperazine rings is 4. The summed E-state index contributed by atoms with van der Waals surface area (Å²) in [5, 5.41) is 0. The number of hydrogen-bond acceptors (Lipinski definition) is 14. The third-order valence-electron chi connectivity index (χ3n) is 20.3. The minimum atomic E-state index is -0.482. The van der Waals surface area contributed by atoms with Crippen LogP contribution in [0.15, 0.2) is 67.2 Å². The molecular weight excluding hydrogens is 1240 g/mol. The minimum Gasteiger partial charge on any atom is -0.496 e. The molecule has 4 aromatic rings. The van der Waals surface area contributed by atoms with E-state index in [0.29, 0.717) is 84.6 Å². The molecule has 6 saturated heterocycles. The number of rotatable bonds is 15. The summed E-state index contributed by atoms with van der Waals surface area (Å²) >= 11 is 0. The van der Waals surface area contributed by atoms with Gasteiger partial charge in [0.15, 0.2) is 0 Å². The van der Waals surface area contributed by atoms with Crippen LogP contribution in [0.25, 0.3) is 5.70 Å². The lowest BCUT2D eigenvalue weighted by atomic mass is 10.00. The quantitative estimate of drug-likeness (QED) is 0.112. The van der Waals surface area contributed by atoms with Gasteiger partial charge in [0.05, 0.1) is 39.6 Å². The number of benzene rings is 4. The van der Waals surface area contributed by atoms with Gasteiger partial charge in [-0.15, -0.1) is 0 Å². The van der Waals surface area contributed by atoms with E-state index in [2.05, 4.69) is 121 Å². The highest BCUT2D eigenvalue weighted by molar-refractivity contribution is 5.96. The van der Waals surface area contributed by atoms with E-state index in [1.165, 1.54) is 81.5 Å². The number of hydrogen-bond donors (Lipinski definition) is 0. The second-order valence-corrected chi connectivity index (χ2v) is 27.3. The first-order valence-electron chi connectivity index (χ1n) is 34.6. The largest absolute Gasteiger partial charge is 0.496 e. The number of likely N-dealkylation sites (tertiary alicyclic amines) is 2. The van der Waals surface area contributed by atoms with Gasteiger partial charge in [0, 0.05) is 184 Å². The minimum absolute atomic E-state index is 0. The summed E-state index contributed by atoms with van der Waals surface area (Å²) in [7, 11) is 6.44. The van der Waals surface area contributed by atoms with Crippen LogP contribution in [0, 0.1) is 39.3 Å². The van der Waals surface area contributed by atoms with Crippen molar-refractivity contribution in [2.75, 3.05) is 159 Å². The number of nitrogens with zero attached hydrogens (tertiary/aromatic N) is 10. The van der Waals surface area contributed by atoms with Crippen molar-refractivity contribution in [3.63, 3.8) is 0 Å². The maximum atomic E-state index is 14.3. The first-order chi connectivity index (χ1) is 44.9.